The summed E-state index contributed by atoms with van der Waals surface area (Å²) in [5.41, 5.74) is 4.30. The minimum atomic E-state index is -0.150. The van der Waals surface area contributed by atoms with Crippen LogP contribution >= 0.6 is 0 Å². The van der Waals surface area contributed by atoms with Crippen molar-refractivity contribution in [2.75, 3.05) is 27.9 Å². The fourth-order valence-corrected chi connectivity index (χ4v) is 4.15. The fraction of sp³-hybridized carbons (Fsp3) is 0.364. The lowest BCUT2D eigenvalue weighted by Crippen LogP contribution is -2.34. The summed E-state index contributed by atoms with van der Waals surface area (Å²) in [5, 5.41) is 6.38. The van der Waals surface area contributed by atoms with Crippen LogP contribution in [0.25, 0.3) is 0 Å². The number of carbonyl (C=O) groups excluding carboxylic acids is 1. The number of ether oxygens (including phenoxy) is 3. The molecule has 0 spiro atoms. The van der Waals surface area contributed by atoms with E-state index in [0.717, 1.165) is 41.2 Å². The molecule has 0 bridgehead atoms. The summed E-state index contributed by atoms with van der Waals surface area (Å²) in [7, 11) is 4.83. The number of methoxy groups -OCH3 is 3. The number of fused-ring (bicyclic) bond motifs is 3. The molecule has 0 saturated carbocycles. The Hall–Kier alpha value is -2.86. The lowest BCUT2D eigenvalue weighted by atomic mass is 9.77. The summed E-state index contributed by atoms with van der Waals surface area (Å²) in [6, 6.07) is 13.8. The maximum atomic E-state index is 12.8. The molecule has 0 aromatic heterocycles. The first kappa shape index (κ1) is 18.5. The molecule has 1 aliphatic carbocycles. The van der Waals surface area contributed by atoms with Gasteiger partial charge < -0.3 is 14.2 Å². The van der Waals surface area contributed by atoms with E-state index in [2.05, 4.69) is 6.07 Å². The summed E-state index contributed by atoms with van der Waals surface area (Å²) in [6.07, 6.45) is 1.88. The van der Waals surface area contributed by atoms with E-state index in [-0.39, 0.29) is 24.5 Å². The molecule has 0 saturated heterocycles. The largest absolute Gasteiger partial charge is 0.497 e. The third-order valence-corrected chi connectivity index (χ3v) is 5.51. The molecule has 2 aromatic rings. The molecular weight excluding hydrogens is 356 g/mol. The van der Waals surface area contributed by atoms with Crippen molar-refractivity contribution in [1.82, 2.24) is 5.01 Å². The smallest absolute Gasteiger partial charge is 0.269 e. The lowest BCUT2D eigenvalue weighted by Gasteiger charge is -2.29. The highest BCUT2D eigenvalue weighted by atomic mass is 16.5. The minimum absolute atomic E-state index is 0.00111. The van der Waals surface area contributed by atoms with Crippen LogP contribution in [0.2, 0.25) is 0 Å². The van der Waals surface area contributed by atoms with E-state index in [9.17, 15) is 4.79 Å². The van der Waals surface area contributed by atoms with Gasteiger partial charge in [0.2, 0.25) is 0 Å². The number of nitrogens with zero attached hydrogens (tertiary/aromatic N) is 2. The second kappa shape index (κ2) is 7.64. The van der Waals surface area contributed by atoms with E-state index in [1.54, 1.807) is 19.2 Å². The van der Waals surface area contributed by atoms with Crippen LogP contribution in [0.3, 0.4) is 0 Å². The molecule has 146 valence electrons. The molecule has 6 nitrogen and oxygen atoms in total. The van der Waals surface area contributed by atoms with Crippen molar-refractivity contribution in [2.24, 2.45) is 11.0 Å². The zero-order valence-electron chi connectivity index (χ0n) is 16.3. The van der Waals surface area contributed by atoms with Crippen molar-refractivity contribution in [1.29, 1.82) is 0 Å². The molecule has 0 radical (unpaired) electrons. The summed E-state index contributed by atoms with van der Waals surface area (Å²) in [6.45, 7) is 0.00111. The van der Waals surface area contributed by atoms with Gasteiger partial charge in [-0.2, -0.15) is 5.10 Å². The molecule has 6 heteroatoms. The Morgan fingerprint density at radius 2 is 1.79 bits per heavy atom. The van der Waals surface area contributed by atoms with Gasteiger partial charge >= 0.3 is 0 Å². The Morgan fingerprint density at radius 1 is 1.07 bits per heavy atom. The van der Waals surface area contributed by atoms with Crippen LogP contribution in [-0.4, -0.2) is 44.6 Å². The minimum Gasteiger partial charge on any atom is -0.497 e. The Kier molecular flexibility index (Phi) is 5.05. The van der Waals surface area contributed by atoms with E-state index in [1.807, 2.05) is 36.4 Å². The van der Waals surface area contributed by atoms with Crippen LogP contribution in [0.4, 0.5) is 0 Å². The predicted octanol–water partition coefficient (Wildman–Crippen LogP) is 3.20. The fourth-order valence-electron chi connectivity index (χ4n) is 4.15. The summed E-state index contributed by atoms with van der Waals surface area (Å²) in [4.78, 5) is 12.8. The maximum Gasteiger partial charge on any atom is 0.269 e. The van der Waals surface area contributed by atoms with Gasteiger partial charge in [0.15, 0.2) is 0 Å². The Morgan fingerprint density at radius 3 is 2.46 bits per heavy atom. The zero-order chi connectivity index (χ0) is 19.7. The average Bonchev–Trinajstić information content (AvgIpc) is 3.13. The second-order valence-corrected chi connectivity index (χ2v) is 7.04. The van der Waals surface area contributed by atoms with Crippen molar-refractivity contribution < 1.29 is 19.0 Å². The number of hydrogen-bond donors (Lipinski definition) is 0. The van der Waals surface area contributed by atoms with Crippen LogP contribution < -0.4 is 9.47 Å². The molecule has 28 heavy (non-hydrogen) atoms. The second-order valence-electron chi connectivity index (χ2n) is 7.04. The highest BCUT2D eigenvalue weighted by molar-refractivity contribution is 6.07. The van der Waals surface area contributed by atoms with Gasteiger partial charge in [-0.25, -0.2) is 5.01 Å². The van der Waals surface area contributed by atoms with E-state index in [0.29, 0.717) is 0 Å². The van der Waals surface area contributed by atoms with Gasteiger partial charge in [0.1, 0.15) is 18.1 Å². The van der Waals surface area contributed by atoms with Crippen LogP contribution in [0.5, 0.6) is 11.5 Å². The van der Waals surface area contributed by atoms with Crippen LogP contribution in [0.15, 0.2) is 47.6 Å². The van der Waals surface area contributed by atoms with Crippen molar-refractivity contribution in [3.8, 4) is 11.5 Å². The Labute approximate surface area is 164 Å². The third-order valence-electron chi connectivity index (χ3n) is 5.51. The molecule has 0 fully saturated rings. The first-order valence-corrected chi connectivity index (χ1v) is 9.37. The summed E-state index contributed by atoms with van der Waals surface area (Å²) < 4.78 is 15.8. The topological polar surface area (TPSA) is 60.4 Å². The number of hydrogen-bond acceptors (Lipinski definition) is 5. The third kappa shape index (κ3) is 3.14. The van der Waals surface area contributed by atoms with Crippen molar-refractivity contribution >= 4 is 11.6 Å². The van der Waals surface area contributed by atoms with Gasteiger partial charge in [0.25, 0.3) is 5.91 Å². The summed E-state index contributed by atoms with van der Waals surface area (Å²) in [5.74, 6) is 1.57. The first-order chi connectivity index (χ1) is 13.7. The van der Waals surface area contributed by atoms with Gasteiger partial charge in [-0.1, -0.05) is 18.2 Å². The van der Waals surface area contributed by atoms with E-state index in [1.165, 1.54) is 12.7 Å². The maximum absolute atomic E-state index is 12.8. The lowest BCUT2D eigenvalue weighted by molar-refractivity contribution is -0.137. The van der Waals surface area contributed by atoms with Crippen LogP contribution in [0, 0.1) is 5.92 Å². The average molecular weight is 380 g/mol. The molecule has 0 N–H and O–H groups in total. The first-order valence-electron chi connectivity index (χ1n) is 9.37. The number of hydrazone groups is 1. The van der Waals surface area contributed by atoms with E-state index in [4.69, 9.17) is 19.3 Å². The normalized spacial score (nSPS) is 20.2. The number of amides is 1. The van der Waals surface area contributed by atoms with Crippen molar-refractivity contribution in [2.45, 2.75) is 18.9 Å². The Bertz CT molecular complexity index is 907. The quantitative estimate of drug-likeness (QED) is 0.799. The number of rotatable bonds is 5. The zero-order valence-corrected chi connectivity index (χ0v) is 16.3. The molecule has 2 aromatic carbocycles. The molecular formula is C22H24N2O4. The highest BCUT2D eigenvalue weighted by Gasteiger charge is 2.43. The Balaban J connectivity index is 1.77. The SMILES string of the molecule is COCC(=O)N1N=C2c3cc(OC)ccc3CC[C@H]2[C@@H]1c1ccc(OC)cc1. The van der Waals surface area contributed by atoms with E-state index < -0.39 is 0 Å². The van der Waals surface area contributed by atoms with Crippen LogP contribution in [-0.2, 0) is 16.0 Å². The molecule has 1 amide bonds. The van der Waals surface area contributed by atoms with Gasteiger partial charge in [-0.3, -0.25) is 4.79 Å². The standard InChI is InChI=1S/C22H24N2O4/c1-26-13-20(25)24-22(15-5-8-16(27-2)9-6-15)18-11-7-14-4-10-17(28-3)12-19(14)21(18)23-24/h4-6,8-10,12,18,22H,7,11,13H2,1-3H3/t18-,22+/m1/s1. The highest BCUT2D eigenvalue weighted by Crippen LogP contribution is 2.44. The number of aryl methyl sites for hydroxylation is 1. The molecule has 4 rings (SSSR count). The molecule has 1 heterocycles. The molecule has 0 unspecified atom stereocenters. The molecule has 1 aliphatic heterocycles. The number of carbonyl (C=O) groups is 1. The van der Waals surface area contributed by atoms with Gasteiger partial charge in [-0.15, -0.1) is 0 Å². The van der Waals surface area contributed by atoms with Crippen molar-refractivity contribution in [3.05, 3.63) is 59.2 Å². The van der Waals surface area contributed by atoms with Gasteiger partial charge in [0, 0.05) is 18.6 Å². The van der Waals surface area contributed by atoms with E-state index >= 15 is 0 Å². The molecule has 2 atom stereocenters. The predicted molar refractivity (Wildman–Crippen MR) is 106 cm³/mol. The van der Waals surface area contributed by atoms with Crippen LogP contribution in [0.1, 0.15) is 29.2 Å². The molecule has 2 aliphatic rings. The van der Waals surface area contributed by atoms with Gasteiger partial charge in [-0.05, 0) is 48.2 Å². The number of benzene rings is 2. The van der Waals surface area contributed by atoms with Gasteiger partial charge in [0.05, 0.1) is 26.0 Å². The van der Waals surface area contributed by atoms with Crippen molar-refractivity contribution in [3.63, 3.8) is 0 Å². The monoisotopic (exact) mass is 380 g/mol. The summed E-state index contributed by atoms with van der Waals surface area (Å²) >= 11 is 0.